The largest absolute Gasteiger partial charge is 0.394 e. The van der Waals surface area contributed by atoms with Crippen molar-refractivity contribution in [3.63, 3.8) is 0 Å². The number of hydrogen-bond acceptors (Lipinski definition) is 5. The number of ketones is 1. The Balaban J connectivity index is 3.26. The maximum absolute atomic E-state index is 12.2. The molecule has 0 aliphatic rings. The van der Waals surface area contributed by atoms with Crippen molar-refractivity contribution in [3.8, 4) is 0 Å². The van der Waals surface area contributed by atoms with Crippen LogP contribution < -0.4 is 0 Å². The molecule has 0 spiro atoms. The Morgan fingerprint density at radius 1 is 0.556 bits per heavy atom. The van der Waals surface area contributed by atoms with Gasteiger partial charge in [-0.05, 0) is 44.9 Å². The molecule has 5 nitrogen and oxygen atoms in total. The Morgan fingerprint density at radius 3 is 1.31 bits per heavy atom. The van der Waals surface area contributed by atoms with E-state index >= 15 is 0 Å². The van der Waals surface area contributed by atoms with Gasteiger partial charge in [0.1, 0.15) is 11.9 Å². The summed E-state index contributed by atoms with van der Waals surface area (Å²) < 4.78 is 5.12. The number of aliphatic hydroxyl groups excluding tert-OH is 2. The summed E-state index contributed by atoms with van der Waals surface area (Å²) in [5, 5.41) is 17.9. The molecule has 45 heavy (non-hydrogen) atoms. The fraction of sp³-hybridized carbons (Fsp3) is 0.897. The molecule has 0 saturated carbocycles. The number of allylic oxidation sites excluding steroid dienone is 2. The molecule has 0 amide bonds. The Morgan fingerprint density at radius 2 is 0.911 bits per heavy atom. The lowest BCUT2D eigenvalue weighted by atomic mass is 10.0. The van der Waals surface area contributed by atoms with Crippen molar-refractivity contribution in [3.05, 3.63) is 12.2 Å². The van der Waals surface area contributed by atoms with E-state index in [9.17, 15) is 14.7 Å². The molecule has 0 rings (SSSR count). The second-order valence-electron chi connectivity index (χ2n) is 13.3. The zero-order valence-electron chi connectivity index (χ0n) is 29.7. The molecule has 0 aromatic carbocycles. The molecule has 0 aliphatic heterocycles. The van der Waals surface area contributed by atoms with Crippen LogP contribution in [0.1, 0.15) is 206 Å². The van der Waals surface area contributed by atoms with Gasteiger partial charge in [0, 0.05) is 19.3 Å². The summed E-state index contributed by atoms with van der Waals surface area (Å²) in [5.41, 5.74) is 0.0962. The minimum absolute atomic E-state index is 0.0248. The fourth-order valence-corrected chi connectivity index (χ4v) is 6.46. The van der Waals surface area contributed by atoms with E-state index in [-0.39, 0.29) is 27.5 Å². The maximum Gasteiger partial charge on any atom is 0.178 e. The van der Waals surface area contributed by atoms with Gasteiger partial charge in [-0.3, -0.25) is 9.59 Å². The van der Waals surface area contributed by atoms with Gasteiger partial charge in [0.2, 0.25) is 0 Å². The van der Waals surface area contributed by atoms with Gasteiger partial charge in [-0.1, -0.05) is 154 Å². The number of hydrogen-bond donors (Lipinski definition) is 2. The number of carbonyl (C=O) groups is 2. The van der Waals surface area contributed by atoms with Crippen LogP contribution in [0.15, 0.2) is 12.2 Å². The van der Waals surface area contributed by atoms with E-state index in [4.69, 9.17) is 9.63 Å². The summed E-state index contributed by atoms with van der Waals surface area (Å²) in [7, 11) is -0.221. The van der Waals surface area contributed by atoms with Crippen LogP contribution in [-0.2, 0) is 14.1 Å². The van der Waals surface area contributed by atoms with Gasteiger partial charge in [-0.2, -0.15) is 0 Å². The predicted molar refractivity (Wildman–Crippen MR) is 195 cm³/mol. The third kappa shape index (κ3) is 37.7. The van der Waals surface area contributed by atoms with Crippen LogP contribution in [0.5, 0.6) is 0 Å². The molecule has 0 fully saturated rings. The highest BCUT2D eigenvalue weighted by atomic mass is 31.1. The highest BCUT2D eigenvalue weighted by molar-refractivity contribution is 7.53. The first-order chi connectivity index (χ1) is 22.1. The Bertz CT molecular complexity index is 653. The summed E-state index contributed by atoms with van der Waals surface area (Å²) in [6.07, 6.45) is 41.8. The van der Waals surface area contributed by atoms with Crippen molar-refractivity contribution in [2.75, 3.05) is 13.2 Å². The van der Waals surface area contributed by atoms with Crippen LogP contribution in [0.3, 0.4) is 0 Å². The Kier molecular flexibility index (Phi) is 37.3. The molecule has 0 saturated heterocycles. The number of unbranched alkanes of at least 4 members (excludes halogenated alkanes) is 25. The lowest BCUT2D eigenvalue weighted by Crippen LogP contribution is -2.17. The molecule has 266 valence electrons. The third-order valence-corrected chi connectivity index (χ3v) is 9.54. The molecular weight excluding hydrogens is 579 g/mol. The van der Waals surface area contributed by atoms with Crippen LogP contribution in [0.4, 0.5) is 0 Å². The maximum atomic E-state index is 12.2. The zero-order chi connectivity index (χ0) is 32.9. The zero-order valence-corrected chi connectivity index (χ0v) is 30.7. The monoisotopic (exact) mass is 655 g/mol. The van der Waals surface area contributed by atoms with Crippen LogP contribution in [-0.4, -0.2) is 40.8 Å². The molecule has 0 bridgehead atoms. The smallest absolute Gasteiger partial charge is 0.178 e. The molecule has 0 aromatic heterocycles. The van der Waals surface area contributed by atoms with Gasteiger partial charge >= 0.3 is 0 Å². The number of carbonyl (C=O) groups excluding carboxylic acids is 2. The number of Topliss-reactive ketones (excluding diaryl/α,β-unsaturated/α-hetero) is 1. The first-order valence-electron chi connectivity index (χ1n) is 19.5. The average molecular weight is 655 g/mol. The molecule has 0 aliphatic carbocycles. The van der Waals surface area contributed by atoms with E-state index in [2.05, 4.69) is 19.1 Å². The lowest BCUT2D eigenvalue weighted by molar-refractivity contribution is -0.119. The first kappa shape index (κ1) is 44.4. The second kappa shape index (κ2) is 37.8. The molecule has 0 radical (unpaired) electrons. The molecule has 0 heterocycles. The van der Waals surface area contributed by atoms with E-state index in [1.165, 1.54) is 148 Å². The minimum atomic E-state index is -0.892. The standard InChI is InChI=1S/C39H75O5P/c1-2-3-4-5-6-7-8-9-11-14-17-20-23-26-29-32-37(41)33-30-27-24-21-18-15-12-10-13-16-19-22-25-28-31-34-39(43)45-44-36-38(42)35-40/h10,13,38,40,42,45H,2-9,11-12,14-36H2,1H3. The molecular formula is C39H75O5P. The van der Waals surface area contributed by atoms with Crippen LogP contribution in [0.25, 0.3) is 0 Å². The summed E-state index contributed by atoms with van der Waals surface area (Å²) in [4.78, 5) is 23.9. The van der Waals surface area contributed by atoms with Gasteiger partial charge in [-0.25, -0.2) is 0 Å². The number of rotatable bonds is 38. The van der Waals surface area contributed by atoms with E-state index in [1.807, 2.05) is 0 Å². The summed E-state index contributed by atoms with van der Waals surface area (Å²) in [6, 6.07) is 0. The van der Waals surface area contributed by atoms with Crippen LogP contribution in [0.2, 0.25) is 0 Å². The van der Waals surface area contributed by atoms with Gasteiger partial charge in [0.25, 0.3) is 0 Å². The van der Waals surface area contributed by atoms with Crippen LogP contribution in [0, 0.1) is 0 Å². The minimum Gasteiger partial charge on any atom is -0.394 e. The van der Waals surface area contributed by atoms with Gasteiger partial charge in [0.15, 0.2) is 5.52 Å². The molecule has 2 unspecified atom stereocenters. The Labute approximate surface area is 281 Å². The van der Waals surface area contributed by atoms with E-state index in [0.717, 1.165) is 44.9 Å². The second-order valence-corrected chi connectivity index (χ2v) is 14.4. The van der Waals surface area contributed by atoms with Gasteiger partial charge in [-0.15, -0.1) is 0 Å². The predicted octanol–water partition coefficient (Wildman–Crippen LogP) is 11.7. The van der Waals surface area contributed by atoms with Gasteiger partial charge < -0.3 is 14.7 Å². The van der Waals surface area contributed by atoms with Crippen molar-refractivity contribution in [1.29, 1.82) is 0 Å². The lowest BCUT2D eigenvalue weighted by Gasteiger charge is -2.07. The SMILES string of the molecule is CCCCCCCCCCCCCCCCCC(=O)CCCCCCCCC=CCCCCCCCC(=O)POCC(O)CO. The van der Waals surface area contributed by atoms with Crippen molar-refractivity contribution in [1.82, 2.24) is 0 Å². The highest BCUT2D eigenvalue weighted by Gasteiger charge is 2.06. The first-order valence-corrected chi connectivity index (χ1v) is 20.4. The molecule has 6 heteroatoms. The summed E-state index contributed by atoms with van der Waals surface area (Å²) >= 11 is 0. The highest BCUT2D eigenvalue weighted by Crippen LogP contribution is 2.19. The topological polar surface area (TPSA) is 83.8 Å². The Hall–Kier alpha value is -0.610. The summed E-state index contributed by atoms with van der Waals surface area (Å²) in [5.74, 6) is 0.490. The van der Waals surface area contributed by atoms with E-state index in [0.29, 0.717) is 12.2 Å². The fourth-order valence-electron chi connectivity index (χ4n) is 5.75. The van der Waals surface area contributed by atoms with Crippen molar-refractivity contribution < 1.29 is 24.3 Å². The normalized spacial score (nSPS) is 12.6. The molecule has 2 N–H and O–H groups in total. The van der Waals surface area contributed by atoms with Crippen molar-refractivity contribution >= 4 is 20.1 Å². The van der Waals surface area contributed by atoms with Crippen LogP contribution >= 0.6 is 8.81 Å². The molecule has 0 aromatic rings. The number of aliphatic hydroxyl groups is 2. The quantitative estimate of drug-likeness (QED) is 0.0393. The van der Waals surface area contributed by atoms with E-state index < -0.39 is 6.10 Å². The third-order valence-electron chi connectivity index (χ3n) is 8.75. The van der Waals surface area contributed by atoms with Crippen molar-refractivity contribution in [2.45, 2.75) is 212 Å². The van der Waals surface area contributed by atoms with Gasteiger partial charge in [0.05, 0.1) is 22.0 Å². The molecule has 2 atom stereocenters. The van der Waals surface area contributed by atoms with Crippen molar-refractivity contribution in [2.24, 2.45) is 0 Å². The van der Waals surface area contributed by atoms with E-state index in [1.54, 1.807) is 0 Å². The average Bonchev–Trinajstić information content (AvgIpc) is 3.04. The summed E-state index contributed by atoms with van der Waals surface area (Å²) in [6.45, 7) is 1.98.